The van der Waals surface area contributed by atoms with E-state index >= 15 is 0 Å². The zero-order chi connectivity index (χ0) is 11.0. The predicted octanol–water partition coefficient (Wildman–Crippen LogP) is 3.28. The molecule has 0 saturated carbocycles. The number of nitrogens with zero attached hydrogens (tertiary/aromatic N) is 2. The molecule has 15 heavy (non-hydrogen) atoms. The summed E-state index contributed by atoms with van der Waals surface area (Å²) in [7, 11) is 0. The van der Waals surface area contributed by atoms with Gasteiger partial charge in [0.1, 0.15) is 0 Å². The van der Waals surface area contributed by atoms with E-state index in [1.807, 2.05) is 0 Å². The maximum atomic E-state index is 12.7. The normalized spacial score (nSPS) is 10.7. The Labute approximate surface area is 91.4 Å². The molecule has 0 aliphatic heterocycles. The Hall–Kier alpha value is -1.14. The van der Waals surface area contributed by atoms with Crippen molar-refractivity contribution in [3.05, 3.63) is 34.2 Å². The van der Waals surface area contributed by atoms with Gasteiger partial charge in [0.15, 0.2) is 5.82 Å². The van der Waals surface area contributed by atoms with E-state index in [9.17, 15) is 13.2 Å². The van der Waals surface area contributed by atoms with E-state index in [-0.39, 0.29) is 5.82 Å². The van der Waals surface area contributed by atoms with Gasteiger partial charge in [-0.3, -0.25) is 0 Å². The van der Waals surface area contributed by atoms with Crippen LogP contribution in [0.4, 0.5) is 13.2 Å². The van der Waals surface area contributed by atoms with Crippen molar-refractivity contribution in [1.29, 1.82) is 0 Å². The lowest BCUT2D eigenvalue weighted by molar-refractivity contribution is 0.408. The molecule has 0 saturated heterocycles. The number of hydrogen-bond acceptors (Lipinski definition) is 3. The van der Waals surface area contributed by atoms with Gasteiger partial charge in [0.05, 0.1) is 9.21 Å². The van der Waals surface area contributed by atoms with Gasteiger partial charge in [-0.15, -0.1) is 11.3 Å². The summed E-state index contributed by atoms with van der Waals surface area (Å²) < 4.78 is 38.4. The summed E-state index contributed by atoms with van der Waals surface area (Å²) in [5.41, 5.74) is 0. The first-order valence-electron chi connectivity index (χ1n) is 3.72. The van der Waals surface area contributed by atoms with Gasteiger partial charge in [-0.05, 0) is 12.1 Å². The Bertz CT molecular complexity index is 491. The Kier molecular flexibility index (Phi) is 2.62. The second-order valence-electron chi connectivity index (χ2n) is 2.55. The summed E-state index contributed by atoms with van der Waals surface area (Å²) in [5, 5.41) is 0. The third-order valence-electron chi connectivity index (χ3n) is 1.56. The molecule has 2 heterocycles. The van der Waals surface area contributed by atoms with E-state index in [0.717, 1.165) is 11.3 Å². The smallest absolute Gasteiger partial charge is 0.197 e. The molecule has 0 amide bonds. The van der Waals surface area contributed by atoms with Crippen molar-refractivity contribution in [2.75, 3.05) is 0 Å². The predicted molar refractivity (Wildman–Crippen MR) is 50.2 cm³/mol. The van der Waals surface area contributed by atoms with Gasteiger partial charge in [0.25, 0.3) is 11.9 Å². The SMILES string of the molecule is Fc1nc(-c2ccc(Cl)s2)nc(F)c1F. The molecule has 0 bridgehead atoms. The first-order chi connectivity index (χ1) is 7.08. The Morgan fingerprint density at radius 3 is 2.13 bits per heavy atom. The highest BCUT2D eigenvalue weighted by Gasteiger charge is 2.15. The third-order valence-corrected chi connectivity index (χ3v) is 2.79. The number of hydrogen-bond donors (Lipinski definition) is 0. The van der Waals surface area contributed by atoms with Crippen LogP contribution >= 0.6 is 22.9 Å². The molecule has 0 fully saturated rings. The molecular weight excluding hydrogens is 249 g/mol. The molecule has 0 aliphatic carbocycles. The van der Waals surface area contributed by atoms with Crippen molar-refractivity contribution in [2.45, 2.75) is 0 Å². The number of aromatic nitrogens is 2. The summed E-state index contributed by atoms with van der Waals surface area (Å²) in [6.45, 7) is 0. The van der Waals surface area contributed by atoms with Gasteiger partial charge in [-0.1, -0.05) is 11.6 Å². The summed E-state index contributed by atoms with van der Waals surface area (Å²) in [4.78, 5) is 6.73. The van der Waals surface area contributed by atoms with E-state index in [1.54, 1.807) is 0 Å². The average molecular weight is 251 g/mol. The Balaban J connectivity index is 2.55. The summed E-state index contributed by atoms with van der Waals surface area (Å²) in [6, 6.07) is 3.03. The van der Waals surface area contributed by atoms with E-state index in [0.29, 0.717) is 9.21 Å². The fourth-order valence-electron chi connectivity index (χ4n) is 0.939. The van der Waals surface area contributed by atoms with Crippen LogP contribution in [0.3, 0.4) is 0 Å². The standard InChI is InChI=1S/C8H2ClF3N2S/c9-4-2-1-3(15-4)8-13-6(11)5(10)7(12)14-8/h1-2H. The molecule has 2 aromatic rings. The molecule has 0 aromatic carbocycles. The molecule has 2 aromatic heterocycles. The second kappa shape index (κ2) is 3.79. The number of rotatable bonds is 1. The van der Waals surface area contributed by atoms with Crippen molar-refractivity contribution in [3.63, 3.8) is 0 Å². The van der Waals surface area contributed by atoms with E-state index in [4.69, 9.17) is 11.6 Å². The van der Waals surface area contributed by atoms with Crippen LogP contribution in [-0.2, 0) is 0 Å². The highest BCUT2D eigenvalue weighted by atomic mass is 35.5. The van der Waals surface area contributed by atoms with Crippen LogP contribution < -0.4 is 0 Å². The van der Waals surface area contributed by atoms with Gasteiger partial charge >= 0.3 is 0 Å². The molecule has 7 heteroatoms. The highest BCUT2D eigenvalue weighted by Crippen LogP contribution is 2.29. The van der Waals surface area contributed by atoms with Crippen LogP contribution in [0.25, 0.3) is 10.7 Å². The minimum absolute atomic E-state index is 0.219. The molecule has 0 atom stereocenters. The Morgan fingerprint density at radius 1 is 1.07 bits per heavy atom. The maximum Gasteiger partial charge on any atom is 0.255 e. The average Bonchev–Trinajstić information content (AvgIpc) is 2.60. The van der Waals surface area contributed by atoms with Crippen molar-refractivity contribution in [3.8, 4) is 10.7 Å². The molecule has 78 valence electrons. The van der Waals surface area contributed by atoms with Crippen LogP contribution in [0.2, 0.25) is 4.34 Å². The fraction of sp³-hybridized carbons (Fsp3) is 0. The van der Waals surface area contributed by atoms with Crippen molar-refractivity contribution >= 4 is 22.9 Å². The minimum Gasteiger partial charge on any atom is -0.197 e. The van der Waals surface area contributed by atoms with Gasteiger partial charge in [0.2, 0.25) is 5.82 Å². The zero-order valence-electron chi connectivity index (χ0n) is 6.97. The fourth-order valence-corrected chi connectivity index (χ4v) is 1.92. The molecule has 0 aliphatic rings. The highest BCUT2D eigenvalue weighted by molar-refractivity contribution is 7.19. The van der Waals surface area contributed by atoms with Gasteiger partial charge in [0, 0.05) is 0 Å². The monoisotopic (exact) mass is 250 g/mol. The lowest BCUT2D eigenvalue weighted by Crippen LogP contribution is -2.00. The molecule has 2 rings (SSSR count). The second-order valence-corrected chi connectivity index (χ2v) is 4.26. The van der Waals surface area contributed by atoms with E-state index in [1.165, 1.54) is 12.1 Å². The molecular formula is C8H2ClF3N2S. The number of thiophene rings is 1. The topological polar surface area (TPSA) is 25.8 Å². The maximum absolute atomic E-state index is 12.7. The lowest BCUT2D eigenvalue weighted by Gasteiger charge is -1.97. The van der Waals surface area contributed by atoms with Crippen molar-refractivity contribution in [2.24, 2.45) is 0 Å². The van der Waals surface area contributed by atoms with Crippen LogP contribution in [0, 0.1) is 17.7 Å². The van der Waals surface area contributed by atoms with E-state index < -0.39 is 17.7 Å². The van der Waals surface area contributed by atoms with Crippen molar-refractivity contribution < 1.29 is 13.2 Å². The molecule has 0 radical (unpaired) electrons. The molecule has 0 spiro atoms. The van der Waals surface area contributed by atoms with E-state index in [2.05, 4.69) is 9.97 Å². The van der Waals surface area contributed by atoms with Crippen LogP contribution in [0.1, 0.15) is 0 Å². The third kappa shape index (κ3) is 1.95. The summed E-state index contributed by atoms with van der Waals surface area (Å²) in [6.07, 6.45) is 0. The van der Waals surface area contributed by atoms with Crippen LogP contribution in [0.5, 0.6) is 0 Å². The van der Waals surface area contributed by atoms with Gasteiger partial charge < -0.3 is 0 Å². The molecule has 0 N–H and O–H groups in total. The summed E-state index contributed by atoms with van der Waals surface area (Å²) >= 11 is 6.67. The first-order valence-corrected chi connectivity index (χ1v) is 4.91. The Morgan fingerprint density at radius 2 is 1.67 bits per heavy atom. The van der Waals surface area contributed by atoms with Gasteiger partial charge in [-0.25, -0.2) is 0 Å². The largest absolute Gasteiger partial charge is 0.255 e. The van der Waals surface area contributed by atoms with Crippen LogP contribution in [-0.4, -0.2) is 9.97 Å². The van der Waals surface area contributed by atoms with Crippen molar-refractivity contribution in [1.82, 2.24) is 9.97 Å². The molecule has 2 nitrogen and oxygen atoms in total. The minimum atomic E-state index is -1.68. The van der Waals surface area contributed by atoms with Gasteiger partial charge in [-0.2, -0.15) is 23.1 Å². The molecule has 0 unspecified atom stereocenters. The quantitative estimate of drug-likeness (QED) is 0.726. The summed E-state index contributed by atoms with van der Waals surface area (Å²) in [5.74, 6) is -4.92. The first kappa shape index (κ1) is 10.4. The lowest BCUT2D eigenvalue weighted by atomic mass is 10.4. The zero-order valence-corrected chi connectivity index (χ0v) is 8.54. The van der Waals surface area contributed by atoms with Crippen LogP contribution in [0.15, 0.2) is 12.1 Å². The number of halogens is 4.